The van der Waals surface area contributed by atoms with Crippen molar-refractivity contribution >= 4 is 34.6 Å². The van der Waals surface area contributed by atoms with Crippen molar-refractivity contribution in [3.8, 4) is 5.75 Å². The maximum atomic E-state index is 12.0. The number of phenolic OH excluding ortho intramolecular Hbond substituents is 1. The summed E-state index contributed by atoms with van der Waals surface area (Å²) >= 11 is 5.87. The molecule has 1 amide bonds. The Bertz CT molecular complexity index is 630. The SMILES string of the molecule is Nc1cc(O)c(NC(=O)c2ccccc2)c(N)c1Cl. The van der Waals surface area contributed by atoms with Crippen molar-refractivity contribution in [2.75, 3.05) is 16.8 Å². The largest absolute Gasteiger partial charge is 0.506 e. The molecule has 0 bridgehead atoms. The van der Waals surface area contributed by atoms with E-state index >= 15 is 0 Å². The Balaban J connectivity index is 2.35. The van der Waals surface area contributed by atoms with Gasteiger partial charge in [0.2, 0.25) is 0 Å². The maximum absolute atomic E-state index is 12.0. The first-order chi connectivity index (χ1) is 9.00. The molecule has 6 heteroatoms. The van der Waals surface area contributed by atoms with Crippen LogP contribution in [-0.2, 0) is 0 Å². The van der Waals surface area contributed by atoms with Gasteiger partial charge in [-0.3, -0.25) is 4.79 Å². The number of carbonyl (C=O) groups excluding carboxylic acids is 1. The summed E-state index contributed by atoms with van der Waals surface area (Å²) in [6, 6.07) is 9.77. The highest BCUT2D eigenvalue weighted by atomic mass is 35.5. The molecule has 2 aromatic carbocycles. The molecule has 19 heavy (non-hydrogen) atoms. The van der Waals surface area contributed by atoms with E-state index in [9.17, 15) is 9.90 Å². The van der Waals surface area contributed by atoms with Crippen LogP contribution in [0.25, 0.3) is 0 Å². The second-order valence-electron chi connectivity index (χ2n) is 3.91. The van der Waals surface area contributed by atoms with Crippen LogP contribution in [0.5, 0.6) is 5.75 Å². The average molecular weight is 278 g/mol. The lowest BCUT2D eigenvalue weighted by atomic mass is 10.2. The Morgan fingerprint density at radius 1 is 1.21 bits per heavy atom. The van der Waals surface area contributed by atoms with Gasteiger partial charge in [0.05, 0.1) is 16.4 Å². The monoisotopic (exact) mass is 277 g/mol. The number of carbonyl (C=O) groups is 1. The summed E-state index contributed by atoms with van der Waals surface area (Å²) in [5, 5.41) is 12.4. The van der Waals surface area contributed by atoms with Gasteiger partial charge in [-0.05, 0) is 12.1 Å². The molecule has 0 aliphatic carbocycles. The summed E-state index contributed by atoms with van der Waals surface area (Å²) in [7, 11) is 0. The fourth-order valence-electron chi connectivity index (χ4n) is 1.59. The number of nitrogens with two attached hydrogens (primary N) is 2. The molecule has 6 N–H and O–H groups in total. The molecular weight excluding hydrogens is 266 g/mol. The minimum atomic E-state index is -0.400. The molecule has 0 aromatic heterocycles. The molecule has 0 saturated heterocycles. The van der Waals surface area contributed by atoms with Crippen molar-refractivity contribution in [3.05, 3.63) is 47.0 Å². The van der Waals surface area contributed by atoms with Gasteiger partial charge in [-0.25, -0.2) is 0 Å². The van der Waals surface area contributed by atoms with Gasteiger partial charge in [0.15, 0.2) is 0 Å². The third kappa shape index (κ3) is 2.56. The van der Waals surface area contributed by atoms with E-state index in [-0.39, 0.29) is 27.8 Å². The molecule has 0 saturated carbocycles. The number of phenols is 1. The number of amides is 1. The Kier molecular flexibility index (Phi) is 3.48. The van der Waals surface area contributed by atoms with Crippen LogP contribution in [0.4, 0.5) is 17.1 Å². The molecule has 0 aliphatic heterocycles. The quantitative estimate of drug-likeness (QED) is 0.500. The summed E-state index contributed by atoms with van der Waals surface area (Å²) in [5.41, 5.74) is 11.9. The molecule has 5 nitrogen and oxygen atoms in total. The minimum absolute atomic E-state index is 0.0310. The zero-order valence-corrected chi connectivity index (χ0v) is 10.6. The van der Waals surface area contributed by atoms with Crippen LogP contribution in [0, 0.1) is 0 Å². The molecule has 0 spiro atoms. The smallest absolute Gasteiger partial charge is 0.255 e. The lowest BCUT2D eigenvalue weighted by molar-refractivity contribution is 0.102. The van der Waals surface area contributed by atoms with Gasteiger partial charge in [-0.1, -0.05) is 29.8 Å². The van der Waals surface area contributed by atoms with E-state index in [1.807, 2.05) is 0 Å². The maximum Gasteiger partial charge on any atom is 0.255 e. The van der Waals surface area contributed by atoms with Gasteiger partial charge in [0, 0.05) is 11.6 Å². The van der Waals surface area contributed by atoms with Crippen molar-refractivity contribution < 1.29 is 9.90 Å². The highest BCUT2D eigenvalue weighted by Gasteiger charge is 2.16. The first-order valence-electron chi connectivity index (χ1n) is 5.43. The molecule has 2 rings (SSSR count). The summed E-state index contributed by atoms with van der Waals surface area (Å²) in [6.45, 7) is 0. The lowest BCUT2D eigenvalue weighted by Crippen LogP contribution is -2.13. The van der Waals surface area contributed by atoms with E-state index in [2.05, 4.69) is 5.32 Å². The van der Waals surface area contributed by atoms with Crippen molar-refractivity contribution in [1.29, 1.82) is 0 Å². The summed E-state index contributed by atoms with van der Waals surface area (Å²) in [5.74, 6) is -0.632. The number of nitrogen functional groups attached to an aromatic ring is 2. The Morgan fingerprint density at radius 3 is 2.47 bits per heavy atom. The minimum Gasteiger partial charge on any atom is -0.506 e. The van der Waals surface area contributed by atoms with Crippen LogP contribution >= 0.6 is 11.6 Å². The molecule has 0 radical (unpaired) electrons. The van der Waals surface area contributed by atoms with Crippen LogP contribution in [0.15, 0.2) is 36.4 Å². The fraction of sp³-hybridized carbons (Fsp3) is 0. The molecule has 2 aromatic rings. The van der Waals surface area contributed by atoms with E-state index in [4.69, 9.17) is 23.1 Å². The topological polar surface area (TPSA) is 101 Å². The number of hydrogen-bond acceptors (Lipinski definition) is 4. The number of aromatic hydroxyl groups is 1. The van der Waals surface area contributed by atoms with E-state index in [1.54, 1.807) is 30.3 Å². The molecule has 0 heterocycles. The normalized spacial score (nSPS) is 10.2. The van der Waals surface area contributed by atoms with Crippen LogP contribution in [-0.4, -0.2) is 11.0 Å². The molecule has 98 valence electrons. The second kappa shape index (κ2) is 5.07. The number of halogens is 1. The summed E-state index contributed by atoms with van der Waals surface area (Å²) in [4.78, 5) is 12.0. The highest BCUT2D eigenvalue weighted by molar-refractivity contribution is 6.36. The van der Waals surface area contributed by atoms with E-state index in [0.29, 0.717) is 5.56 Å². The van der Waals surface area contributed by atoms with Crippen molar-refractivity contribution in [2.45, 2.75) is 0 Å². The van der Waals surface area contributed by atoms with Gasteiger partial charge in [0.25, 0.3) is 5.91 Å². The average Bonchev–Trinajstić information content (AvgIpc) is 2.42. The van der Waals surface area contributed by atoms with Crippen molar-refractivity contribution in [1.82, 2.24) is 0 Å². The molecule has 0 atom stereocenters. The number of nitrogens with one attached hydrogen (secondary N) is 1. The van der Waals surface area contributed by atoms with Crippen LogP contribution in [0.2, 0.25) is 5.02 Å². The van der Waals surface area contributed by atoms with Gasteiger partial charge in [-0.2, -0.15) is 0 Å². The van der Waals surface area contributed by atoms with Gasteiger partial charge in [-0.15, -0.1) is 0 Å². The number of rotatable bonds is 2. The van der Waals surface area contributed by atoms with Crippen LogP contribution in [0.1, 0.15) is 10.4 Å². The summed E-state index contributed by atoms with van der Waals surface area (Å²) < 4.78 is 0. The second-order valence-corrected chi connectivity index (χ2v) is 4.29. The molecule has 0 aliphatic rings. The van der Waals surface area contributed by atoms with Gasteiger partial charge >= 0.3 is 0 Å². The van der Waals surface area contributed by atoms with Crippen molar-refractivity contribution in [3.63, 3.8) is 0 Å². The zero-order chi connectivity index (χ0) is 14.0. The van der Waals surface area contributed by atoms with Crippen LogP contribution < -0.4 is 16.8 Å². The fourth-order valence-corrected chi connectivity index (χ4v) is 1.74. The first-order valence-corrected chi connectivity index (χ1v) is 5.81. The van der Waals surface area contributed by atoms with Crippen LogP contribution in [0.3, 0.4) is 0 Å². The molecule has 0 fully saturated rings. The first kappa shape index (κ1) is 13.0. The Morgan fingerprint density at radius 2 is 1.84 bits per heavy atom. The summed E-state index contributed by atoms with van der Waals surface area (Å²) in [6.07, 6.45) is 0. The predicted molar refractivity (Wildman–Crippen MR) is 76.3 cm³/mol. The standard InChI is InChI=1S/C13H12ClN3O2/c14-10-8(15)6-9(18)12(11(10)16)17-13(19)7-4-2-1-3-5-7/h1-6,18H,15-16H2,(H,17,19). The van der Waals surface area contributed by atoms with E-state index in [1.165, 1.54) is 6.07 Å². The van der Waals surface area contributed by atoms with E-state index in [0.717, 1.165) is 0 Å². The number of hydrogen-bond donors (Lipinski definition) is 4. The lowest BCUT2D eigenvalue weighted by Gasteiger charge is -2.13. The third-order valence-electron chi connectivity index (χ3n) is 2.58. The number of anilines is 3. The predicted octanol–water partition coefficient (Wildman–Crippen LogP) is 2.46. The zero-order valence-electron chi connectivity index (χ0n) is 9.85. The van der Waals surface area contributed by atoms with E-state index < -0.39 is 5.91 Å². The Hall–Kier alpha value is -2.40. The van der Waals surface area contributed by atoms with Crippen molar-refractivity contribution in [2.24, 2.45) is 0 Å². The Labute approximate surface area is 114 Å². The third-order valence-corrected chi connectivity index (χ3v) is 3.00. The van der Waals surface area contributed by atoms with Gasteiger partial charge < -0.3 is 21.9 Å². The number of benzene rings is 2. The molecule has 0 unspecified atom stereocenters. The van der Waals surface area contributed by atoms with Gasteiger partial charge in [0.1, 0.15) is 11.4 Å². The highest BCUT2D eigenvalue weighted by Crippen LogP contribution is 2.39. The molecular formula is C13H12ClN3O2.